The predicted octanol–water partition coefficient (Wildman–Crippen LogP) is 1.41. The molecule has 96 valence electrons. The quantitative estimate of drug-likeness (QED) is 0.844. The summed E-state index contributed by atoms with van der Waals surface area (Å²) in [4.78, 5) is 22.4. The number of allylic oxidation sites excluding steroid dienone is 1. The molecule has 0 bridgehead atoms. The number of carbonyl (C=O) groups is 2. The monoisotopic (exact) mass is 249 g/mol. The molecule has 0 atom stereocenters. The summed E-state index contributed by atoms with van der Waals surface area (Å²) in [5.74, 6) is -0.718. The van der Waals surface area contributed by atoms with E-state index in [0.29, 0.717) is 5.82 Å². The Bertz CT molecular complexity index is 516. The maximum atomic E-state index is 11.9. The molecule has 1 aliphatic carbocycles. The highest BCUT2D eigenvalue weighted by molar-refractivity contribution is 6.04. The highest BCUT2D eigenvalue weighted by atomic mass is 16.4. The molecular formula is C12H15N3O3. The summed E-state index contributed by atoms with van der Waals surface area (Å²) in [5, 5.41) is 15.3. The minimum absolute atomic E-state index is 0.134. The summed E-state index contributed by atoms with van der Waals surface area (Å²) in [6.07, 6.45) is 4.31. The Morgan fingerprint density at radius 3 is 2.89 bits per heavy atom. The summed E-state index contributed by atoms with van der Waals surface area (Å²) in [6, 6.07) is 1.59. The van der Waals surface area contributed by atoms with E-state index in [9.17, 15) is 9.59 Å². The molecule has 6 nitrogen and oxygen atoms in total. The number of aromatic nitrogens is 2. The van der Waals surface area contributed by atoms with E-state index in [1.54, 1.807) is 6.07 Å². The van der Waals surface area contributed by atoms with Crippen LogP contribution in [0.4, 0.5) is 5.82 Å². The van der Waals surface area contributed by atoms with Gasteiger partial charge in [-0.3, -0.25) is 14.3 Å². The van der Waals surface area contributed by atoms with E-state index in [1.807, 2.05) is 6.92 Å². The molecule has 18 heavy (non-hydrogen) atoms. The standard InChI is InChI=1S/C12H15N3O3/c1-8-3-2-4-9(8)12(18)13-10-5-6-15(14-10)7-11(16)17/h5-6H,2-4,7H2,1H3,(H,16,17)(H,13,14,18). The fourth-order valence-electron chi connectivity index (χ4n) is 2.05. The maximum Gasteiger partial charge on any atom is 0.325 e. The van der Waals surface area contributed by atoms with Crippen molar-refractivity contribution in [3.05, 3.63) is 23.4 Å². The van der Waals surface area contributed by atoms with Crippen LogP contribution in [-0.2, 0) is 16.1 Å². The van der Waals surface area contributed by atoms with Crippen LogP contribution in [0.1, 0.15) is 26.2 Å². The van der Waals surface area contributed by atoms with E-state index in [0.717, 1.165) is 30.4 Å². The number of nitrogens with one attached hydrogen (secondary N) is 1. The van der Waals surface area contributed by atoms with Gasteiger partial charge in [-0.25, -0.2) is 0 Å². The fourth-order valence-corrected chi connectivity index (χ4v) is 2.05. The normalized spacial score (nSPS) is 14.9. The second kappa shape index (κ2) is 5.03. The molecule has 0 fully saturated rings. The highest BCUT2D eigenvalue weighted by Crippen LogP contribution is 2.26. The molecule has 1 aromatic heterocycles. The summed E-state index contributed by atoms with van der Waals surface area (Å²) in [6.45, 7) is 1.75. The van der Waals surface area contributed by atoms with Gasteiger partial charge in [0.2, 0.25) is 0 Å². The Kier molecular flexibility index (Phi) is 3.45. The molecule has 0 spiro atoms. The van der Waals surface area contributed by atoms with Gasteiger partial charge in [0.15, 0.2) is 5.82 Å². The lowest BCUT2D eigenvalue weighted by molar-refractivity contribution is -0.137. The smallest absolute Gasteiger partial charge is 0.325 e. The number of carboxylic acid groups (broad SMARTS) is 1. The Morgan fingerprint density at radius 2 is 2.28 bits per heavy atom. The van der Waals surface area contributed by atoms with Crippen LogP contribution < -0.4 is 5.32 Å². The van der Waals surface area contributed by atoms with Gasteiger partial charge >= 0.3 is 5.97 Å². The number of amides is 1. The molecule has 0 saturated heterocycles. The van der Waals surface area contributed by atoms with Crippen LogP contribution in [0.5, 0.6) is 0 Å². The van der Waals surface area contributed by atoms with Crippen LogP contribution in [0.15, 0.2) is 23.4 Å². The number of carboxylic acids is 1. The summed E-state index contributed by atoms with van der Waals surface area (Å²) < 4.78 is 1.27. The number of hydrogen-bond acceptors (Lipinski definition) is 3. The minimum Gasteiger partial charge on any atom is -0.480 e. The van der Waals surface area contributed by atoms with Crippen molar-refractivity contribution in [2.45, 2.75) is 32.7 Å². The topological polar surface area (TPSA) is 84.2 Å². The largest absolute Gasteiger partial charge is 0.480 e. The van der Waals surface area contributed by atoms with E-state index in [1.165, 1.54) is 10.9 Å². The molecule has 0 saturated carbocycles. The van der Waals surface area contributed by atoms with Gasteiger partial charge in [-0.15, -0.1) is 0 Å². The molecule has 0 aliphatic heterocycles. The second-order valence-corrected chi connectivity index (χ2v) is 4.36. The highest BCUT2D eigenvalue weighted by Gasteiger charge is 2.18. The third-order valence-electron chi connectivity index (χ3n) is 2.95. The third kappa shape index (κ3) is 2.77. The molecule has 1 aromatic rings. The van der Waals surface area contributed by atoms with E-state index in [4.69, 9.17) is 5.11 Å². The van der Waals surface area contributed by atoms with E-state index in [-0.39, 0.29) is 12.5 Å². The molecule has 2 N–H and O–H groups in total. The van der Waals surface area contributed by atoms with Crippen molar-refractivity contribution >= 4 is 17.7 Å². The number of nitrogens with zero attached hydrogens (tertiary/aromatic N) is 2. The number of carbonyl (C=O) groups excluding carboxylic acids is 1. The van der Waals surface area contributed by atoms with Crippen LogP contribution in [0, 0.1) is 0 Å². The first-order valence-electron chi connectivity index (χ1n) is 5.81. The molecule has 1 amide bonds. The molecule has 1 aliphatic rings. The Labute approximate surface area is 104 Å². The first kappa shape index (κ1) is 12.3. The van der Waals surface area contributed by atoms with Crippen LogP contribution in [0.2, 0.25) is 0 Å². The fraction of sp³-hybridized carbons (Fsp3) is 0.417. The zero-order valence-corrected chi connectivity index (χ0v) is 10.1. The summed E-state index contributed by atoms with van der Waals surface area (Å²) >= 11 is 0. The first-order valence-corrected chi connectivity index (χ1v) is 5.81. The van der Waals surface area contributed by atoms with Crippen molar-refractivity contribution in [3.8, 4) is 0 Å². The molecule has 0 radical (unpaired) electrons. The van der Waals surface area contributed by atoms with Crippen molar-refractivity contribution in [1.29, 1.82) is 0 Å². The van der Waals surface area contributed by atoms with Gasteiger partial charge in [0.25, 0.3) is 5.91 Å². The molecule has 2 rings (SSSR count). The zero-order chi connectivity index (χ0) is 13.1. The zero-order valence-electron chi connectivity index (χ0n) is 10.1. The number of aliphatic carboxylic acids is 1. The average Bonchev–Trinajstić information content (AvgIpc) is 2.87. The van der Waals surface area contributed by atoms with Crippen molar-refractivity contribution in [2.75, 3.05) is 5.32 Å². The molecule has 0 unspecified atom stereocenters. The summed E-state index contributed by atoms with van der Waals surface area (Å²) in [5.41, 5.74) is 1.94. The average molecular weight is 249 g/mol. The van der Waals surface area contributed by atoms with Crippen LogP contribution in [-0.4, -0.2) is 26.8 Å². The predicted molar refractivity (Wildman–Crippen MR) is 65.0 cm³/mol. The van der Waals surface area contributed by atoms with Gasteiger partial charge in [0.05, 0.1) is 0 Å². The Hall–Kier alpha value is -2.11. The van der Waals surface area contributed by atoms with Crippen molar-refractivity contribution in [3.63, 3.8) is 0 Å². The second-order valence-electron chi connectivity index (χ2n) is 4.36. The van der Waals surface area contributed by atoms with Crippen LogP contribution in [0.3, 0.4) is 0 Å². The number of rotatable bonds is 4. The van der Waals surface area contributed by atoms with E-state index < -0.39 is 5.97 Å². The van der Waals surface area contributed by atoms with Gasteiger partial charge < -0.3 is 10.4 Å². The SMILES string of the molecule is CC1=C(C(=O)Nc2ccn(CC(=O)O)n2)CCC1. The molecule has 1 heterocycles. The van der Waals surface area contributed by atoms with Crippen LogP contribution in [0.25, 0.3) is 0 Å². The number of hydrogen-bond donors (Lipinski definition) is 2. The summed E-state index contributed by atoms with van der Waals surface area (Å²) in [7, 11) is 0. The maximum absolute atomic E-state index is 11.9. The van der Waals surface area contributed by atoms with Gasteiger partial charge in [0.1, 0.15) is 6.54 Å². The van der Waals surface area contributed by atoms with Crippen molar-refractivity contribution < 1.29 is 14.7 Å². The Balaban J connectivity index is 2.01. The molecule has 6 heteroatoms. The Morgan fingerprint density at radius 1 is 1.50 bits per heavy atom. The van der Waals surface area contributed by atoms with Gasteiger partial charge in [0, 0.05) is 17.8 Å². The first-order chi connectivity index (χ1) is 8.56. The van der Waals surface area contributed by atoms with E-state index in [2.05, 4.69) is 10.4 Å². The van der Waals surface area contributed by atoms with Gasteiger partial charge in [-0.1, -0.05) is 5.57 Å². The lowest BCUT2D eigenvalue weighted by Gasteiger charge is -2.03. The lowest BCUT2D eigenvalue weighted by Crippen LogP contribution is -2.15. The molecular weight excluding hydrogens is 234 g/mol. The lowest BCUT2D eigenvalue weighted by atomic mass is 10.1. The third-order valence-corrected chi connectivity index (χ3v) is 2.95. The van der Waals surface area contributed by atoms with Crippen molar-refractivity contribution in [2.24, 2.45) is 0 Å². The van der Waals surface area contributed by atoms with Gasteiger partial charge in [-0.2, -0.15) is 5.10 Å². The van der Waals surface area contributed by atoms with Crippen LogP contribution >= 0.6 is 0 Å². The number of anilines is 1. The van der Waals surface area contributed by atoms with E-state index >= 15 is 0 Å². The minimum atomic E-state index is -0.967. The van der Waals surface area contributed by atoms with Gasteiger partial charge in [-0.05, 0) is 26.2 Å². The molecule has 0 aromatic carbocycles. The van der Waals surface area contributed by atoms with Crippen molar-refractivity contribution in [1.82, 2.24) is 9.78 Å².